The van der Waals surface area contributed by atoms with Crippen molar-refractivity contribution < 1.29 is 17.9 Å². The summed E-state index contributed by atoms with van der Waals surface area (Å²) in [6.45, 7) is 3.33. The summed E-state index contributed by atoms with van der Waals surface area (Å²) in [5, 5.41) is 9.31. The molecule has 1 rings (SSSR count). The number of thioether (sulfide) groups is 1. The van der Waals surface area contributed by atoms with Gasteiger partial charge in [0.05, 0.1) is 6.61 Å². The van der Waals surface area contributed by atoms with E-state index in [0.29, 0.717) is 23.6 Å². The van der Waals surface area contributed by atoms with Gasteiger partial charge in [0.2, 0.25) is 10.0 Å². The van der Waals surface area contributed by atoms with E-state index in [4.69, 9.17) is 4.42 Å². The van der Waals surface area contributed by atoms with Crippen LogP contribution in [0.5, 0.6) is 0 Å². The second-order valence-electron chi connectivity index (χ2n) is 4.99. The number of nitrogens with one attached hydrogen (secondary N) is 1. The molecule has 2 N–H and O–H groups in total. The smallest absolute Gasteiger partial charge is 0.244 e. The van der Waals surface area contributed by atoms with Gasteiger partial charge in [0, 0.05) is 12.1 Å². The fraction of sp³-hybridized carbons (Fsp3) is 0.714. The van der Waals surface area contributed by atoms with Crippen LogP contribution in [0.25, 0.3) is 0 Å². The molecule has 7 heteroatoms. The van der Waals surface area contributed by atoms with E-state index in [1.165, 1.54) is 6.42 Å². The summed E-state index contributed by atoms with van der Waals surface area (Å²) < 4.78 is 32.5. The molecule has 1 aromatic rings. The van der Waals surface area contributed by atoms with E-state index in [2.05, 4.69) is 11.0 Å². The van der Waals surface area contributed by atoms with Crippen molar-refractivity contribution in [2.24, 2.45) is 0 Å². The summed E-state index contributed by atoms with van der Waals surface area (Å²) >= 11 is 1.83. The van der Waals surface area contributed by atoms with Gasteiger partial charge in [-0.25, -0.2) is 13.1 Å². The Morgan fingerprint density at radius 2 is 1.81 bits per heavy atom. The van der Waals surface area contributed by atoms with Crippen LogP contribution in [-0.4, -0.2) is 32.1 Å². The van der Waals surface area contributed by atoms with Gasteiger partial charge in [-0.15, -0.1) is 0 Å². The zero-order chi connectivity index (χ0) is 15.9. The Balaban J connectivity index is 2.55. The van der Waals surface area contributed by atoms with E-state index >= 15 is 0 Å². The highest BCUT2D eigenvalue weighted by Crippen LogP contribution is 2.26. The van der Waals surface area contributed by atoms with Crippen molar-refractivity contribution in [1.82, 2.24) is 4.72 Å². The first kappa shape index (κ1) is 18.5. The molecule has 0 amide bonds. The van der Waals surface area contributed by atoms with E-state index in [0.717, 1.165) is 25.0 Å². The number of aliphatic hydroxyl groups excluding tert-OH is 1. The van der Waals surface area contributed by atoms with E-state index in [9.17, 15) is 13.5 Å². The van der Waals surface area contributed by atoms with Gasteiger partial charge < -0.3 is 9.52 Å². The van der Waals surface area contributed by atoms with Gasteiger partial charge >= 0.3 is 0 Å². The minimum absolute atomic E-state index is 0.0879. The molecule has 0 fully saturated rings. The van der Waals surface area contributed by atoms with Crippen LogP contribution in [0.2, 0.25) is 0 Å². The van der Waals surface area contributed by atoms with E-state index < -0.39 is 10.0 Å². The lowest BCUT2D eigenvalue weighted by Gasteiger charge is -2.07. The highest BCUT2D eigenvalue weighted by molar-refractivity contribution is 7.98. The van der Waals surface area contributed by atoms with Crippen LogP contribution in [0.3, 0.4) is 0 Å². The number of unbranched alkanes of at least 4 members (excludes halogenated alkanes) is 3. The zero-order valence-electron chi connectivity index (χ0n) is 12.9. The van der Waals surface area contributed by atoms with Crippen LogP contribution >= 0.6 is 11.8 Å². The first-order chi connectivity index (χ1) is 9.94. The standard InChI is InChI=1S/C14H25NO4S2/c1-11-13(10-16)14(12(2)19-11)21(17,18)15-8-6-4-5-7-9-20-3/h15-16H,4-10H2,1-3H3. The minimum atomic E-state index is -3.62. The second-order valence-corrected chi connectivity index (χ2v) is 7.67. The molecule has 0 saturated carbocycles. The molecule has 0 aromatic carbocycles. The Kier molecular flexibility index (Phi) is 7.79. The normalized spacial score (nSPS) is 12.0. The molecule has 0 aliphatic carbocycles. The molecule has 0 unspecified atom stereocenters. The molecule has 0 saturated heterocycles. The highest BCUT2D eigenvalue weighted by Gasteiger charge is 2.25. The Bertz CT molecular complexity index is 537. The van der Waals surface area contributed by atoms with Crippen molar-refractivity contribution in [3.8, 4) is 0 Å². The van der Waals surface area contributed by atoms with Gasteiger partial charge in [-0.3, -0.25) is 0 Å². The minimum Gasteiger partial charge on any atom is -0.465 e. The maximum atomic E-state index is 12.3. The fourth-order valence-corrected chi connectivity index (χ4v) is 4.25. The number of aryl methyl sites for hydroxylation is 2. The van der Waals surface area contributed by atoms with Crippen LogP contribution in [0.1, 0.15) is 42.8 Å². The molecule has 0 spiro atoms. The number of hydrogen-bond acceptors (Lipinski definition) is 5. The molecular weight excluding hydrogens is 310 g/mol. The maximum Gasteiger partial charge on any atom is 0.244 e. The third kappa shape index (κ3) is 5.32. The monoisotopic (exact) mass is 335 g/mol. The highest BCUT2D eigenvalue weighted by atomic mass is 32.2. The van der Waals surface area contributed by atoms with Crippen LogP contribution in [0.4, 0.5) is 0 Å². The van der Waals surface area contributed by atoms with Crippen molar-refractivity contribution in [3.63, 3.8) is 0 Å². The molecule has 0 atom stereocenters. The summed E-state index contributed by atoms with van der Waals surface area (Å²) in [6.07, 6.45) is 6.20. The molecule has 122 valence electrons. The molecule has 21 heavy (non-hydrogen) atoms. The largest absolute Gasteiger partial charge is 0.465 e. The summed E-state index contributed by atoms with van der Waals surface area (Å²) in [5.41, 5.74) is 0.347. The van der Waals surface area contributed by atoms with Gasteiger partial charge in [-0.1, -0.05) is 12.8 Å². The molecule has 0 radical (unpaired) electrons. The average Bonchev–Trinajstić information content (AvgIpc) is 2.72. The van der Waals surface area contributed by atoms with E-state index in [1.54, 1.807) is 13.8 Å². The van der Waals surface area contributed by atoms with Crippen molar-refractivity contribution >= 4 is 21.8 Å². The first-order valence-corrected chi connectivity index (χ1v) is 10.00. The molecule has 0 aliphatic heterocycles. The quantitative estimate of drug-likeness (QED) is 0.643. The lowest BCUT2D eigenvalue weighted by Crippen LogP contribution is -2.26. The predicted octanol–water partition coefficient (Wildman–Crippen LogP) is 2.59. The Morgan fingerprint density at radius 3 is 2.43 bits per heavy atom. The second kappa shape index (κ2) is 8.82. The van der Waals surface area contributed by atoms with Gasteiger partial charge in [0.15, 0.2) is 0 Å². The summed E-state index contributed by atoms with van der Waals surface area (Å²) in [4.78, 5) is 0.0879. The molecular formula is C14H25NO4S2. The van der Waals surface area contributed by atoms with Crippen LogP contribution in [0, 0.1) is 13.8 Å². The molecule has 0 aliphatic rings. The third-order valence-corrected chi connectivity index (χ3v) is 5.67. The maximum absolute atomic E-state index is 12.3. The fourth-order valence-electron chi connectivity index (χ4n) is 2.25. The van der Waals surface area contributed by atoms with Crippen molar-refractivity contribution in [2.75, 3.05) is 18.6 Å². The molecule has 1 aromatic heterocycles. The van der Waals surface area contributed by atoms with E-state index in [1.807, 2.05) is 11.8 Å². The van der Waals surface area contributed by atoms with Crippen molar-refractivity contribution in [1.29, 1.82) is 0 Å². The molecule has 1 heterocycles. The van der Waals surface area contributed by atoms with Crippen LogP contribution in [-0.2, 0) is 16.6 Å². The summed E-state index contributed by atoms with van der Waals surface area (Å²) in [5.74, 6) is 1.93. The number of sulfonamides is 1. The molecule has 5 nitrogen and oxygen atoms in total. The number of aliphatic hydroxyl groups is 1. The van der Waals surface area contributed by atoms with E-state index in [-0.39, 0.29) is 11.5 Å². The van der Waals surface area contributed by atoms with Crippen molar-refractivity contribution in [3.05, 3.63) is 17.1 Å². The lowest BCUT2D eigenvalue weighted by molar-refractivity contribution is 0.276. The van der Waals surface area contributed by atoms with Crippen LogP contribution < -0.4 is 4.72 Å². The van der Waals surface area contributed by atoms with Gasteiger partial charge in [0.25, 0.3) is 0 Å². The van der Waals surface area contributed by atoms with Gasteiger partial charge in [0.1, 0.15) is 16.4 Å². The zero-order valence-corrected chi connectivity index (χ0v) is 14.6. The Hall–Kier alpha value is -0.500. The first-order valence-electron chi connectivity index (χ1n) is 7.12. The summed E-state index contributed by atoms with van der Waals surface area (Å²) in [7, 11) is -3.62. The lowest BCUT2D eigenvalue weighted by atomic mass is 10.2. The van der Waals surface area contributed by atoms with Crippen molar-refractivity contribution in [2.45, 2.75) is 51.0 Å². The average molecular weight is 335 g/mol. The number of furan rings is 1. The SMILES string of the molecule is CSCCCCCCNS(=O)(=O)c1c(C)oc(C)c1CO. The number of hydrogen-bond donors (Lipinski definition) is 2. The Morgan fingerprint density at radius 1 is 1.14 bits per heavy atom. The number of rotatable bonds is 10. The summed E-state index contributed by atoms with van der Waals surface area (Å²) in [6, 6.07) is 0. The Labute approximate surface area is 131 Å². The third-order valence-electron chi connectivity index (χ3n) is 3.32. The van der Waals surface area contributed by atoms with Crippen LogP contribution in [0.15, 0.2) is 9.31 Å². The topological polar surface area (TPSA) is 79.5 Å². The predicted molar refractivity (Wildman–Crippen MR) is 86.1 cm³/mol. The molecule has 0 bridgehead atoms. The van der Waals surface area contributed by atoms with Gasteiger partial charge in [-0.2, -0.15) is 11.8 Å². The van der Waals surface area contributed by atoms with Gasteiger partial charge in [-0.05, 0) is 38.7 Å².